The van der Waals surface area contributed by atoms with Crippen molar-refractivity contribution in [2.75, 3.05) is 7.05 Å². The maximum Gasteiger partial charge on any atom is 0.0346 e. The molecule has 1 atom stereocenters. The van der Waals surface area contributed by atoms with E-state index in [1.165, 1.54) is 36.0 Å². The quantitative estimate of drug-likeness (QED) is 0.794. The number of rotatable bonds is 3. The molecule has 1 aliphatic carbocycles. The fraction of sp³-hybridized carbons (Fsp3) is 0.571. The number of nitrogens with one attached hydrogen (secondary N) is 1. The Hall–Kier alpha value is -0.820. The largest absolute Gasteiger partial charge is 0.313 e. The molecule has 2 rings (SSSR count). The van der Waals surface area contributed by atoms with Crippen molar-refractivity contribution in [3.8, 4) is 0 Å². The fourth-order valence-electron chi connectivity index (χ4n) is 2.64. The summed E-state index contributed by atoms with van der Waals surface area (Å²) in [7, 11) is 2.08. The van der Waals surface area contributed by atoms with Crippen molar-refractivity contribution in [1.29, 1.82) is 0 Å². The molecular formula is C14H21N. The van der Waals surface area contributed by atoms with Crippen molar-refractivity contribution in [1.82, 2.24) is 5.32 Å². The van der Waals surface area contributed by atoms with Crippen LogP contribution >= 0.6 is 0 Å². The molecule has 0 aliphatic heterocycles. The van der Waals surface area contributed by atoms with Gasteiger partial charge in [-0.3, -0.25) is 0 Å². The van der Waals surface area contributed by atoms with E-state index >= 15 is 0 Å². The van der Waals surface area contributed by atoms with E-state index in [1.54, 1.807) is 0 Å². The molecule has 1 aliphatic rings. The Kier molecular flexibility index (Phi) is 3.11. The van der Waals surface area contributed by atoms with E-state index in [1.807, 2.05) is 0 Å². The topological polar surface area (TPSA) is 12.0 Å². The highest BCUT2D eigenvalue weighted by Crippen LogP contribution is 2.37. The van der Waals surface area contributed by atoms with Gasteiger partial charge in [0.2, 0.25) is 0 Å². The van der Waals surface area contributed by atoms with E-state index in [0.717, 1.165) is 5.92 Å². The smallest absolute Gasteiger partial charge is 0.0346 e. The van der Waals surface area contributed by atoms with E-state index < -0.39 is 0 Å². The van der Waals surface area contributed by atoms with Gasteiger partial charge in [-0.1, -0.05) is 35.7 Å². The third-order valence-corrected chi connectivity index (χ3v) is 3.54. The number of hydrogen-bond donors (Lipinski definition) is 1. The summed E-state index contributed by atoms with van der Waals surface area (Å²) in [4.78, 5) is 0. The average molecular weight is 203 g/mol. The van der Waals surface area contributed by atoms with Gasteiger partial charge in [0.25, 0.3) is 0 Å². The Morgan fingerprint density at radius 2 is 1.73 bits per heavy atom. The zero-order valence-corrected chi connectivity index (χ0v) is 10.0. The number of aryl methyl sites for hydroxylation is 2. The van der Waals surface area contributed by atoms with Crippen LogP contribution in [0.3, 0.4) is 0 Å². The van der Waals surface area contributed by atoms with Gasteiger partial charge in [0.05, 0.1) is 0 Å². The second kappa shape index (κ2) is 4.36. The minimum absolute atomic E-state index is 0.567. The predicted molar refractivity (Wildman–Crippen MR) is 65.1 cm³/mol. The summed E-state index contributed by atoms with van der Waals surface area (Å²) in [6.45, 7) is 4.37. The molecule has 1 aromatic rings. The molecule has 0 spiro atoms. The molecule has 0 radical (unpaired) electrons. The third-order valence-electron chi connectivity index (χ3n) is 3.54. The van der Waals surface area contributed by atoms with Gasteiger partial charge >= 0.3 is 0 Å². The second-order valence-electron chi connectivity index (χ2n) is 4.88. The molecule has 1 N–H and O–H groups in total. The van der Waals surface area contributed by atoms with E-state index in [2.05, 4.69) is 44.4 Å². The molecule has 1 nitrogen and oxygen atoms in total. The lowest BCUT2D eigenvalue weighted by atomic mass is 9.77. The zero-order chi connectivity index (χ0) is 10.8. The first kappa shape index (κ1) is 10.7. The van der Waals surface area contributed by atoms with Crippen LogP contribution in [0.4, 0.5) is 0 Å². The molecule has 0 aromatic heterocycles. The summed E-state index contributed by atoms with van der Waals surface area (Å²) in [6.07, 6.45) is 4.19. The first-order chi connectivity index (χ1) is 7.20. The highest BCUT2D eigenvalue weighted by Gasteiger charge is 2.27. The fourth-order valence-corrected chi connectivity index (χ4v) is 2.64. The van der Waals surface area contributed by atoms with Crippen LogP contribution in [0.5, 0.6) is 0 Å². The highest BCUT2D eigenvalue weighted by atomic mass is 14.9. The van der Waals surface area contributed by atoms with Gasteiger partial charge in [0, 0.05) is 6.04 Å². The van der Waals surface area contributed by atoms with Crippen LogP contribution in [-0.4, -0.2) is 7.05 Å². The van der Waals surface area contributed by atoms with E-state index in [9.17, 15) is 0 Å². The summed E-state index contributed by atoms with van der Waals surface area (Å²) in [5.74, 6) is 0.858. The maximum absolute atomic E-state index is 3.47. The molecule has 1 heteroatoms. The van der Waals surface area contributed by atoms with E-state index in [4.69, 9.17) is 0 Å². The average Bonchev–Trinajstić information content (AvgIpc) is 2.08. The second-order valence-corrected chi connectivity index (χ2v) is 4.88. The van der Waals surface area contributed by atoms with Crippen LogP contribution in [0.25, 0.3) is 0 Å². The van der Waals surface area contributed by atoms with Gasteiger partial charge in [0.15, 0.2) is 0 Å². The molecule has 1 aromatic carbocycles. The van der Waals surface area contributed by atoms with Crippen molar-refractivity contribution < 1.29 is 0 Å². The Labute approximate surface area is 92.9 Å². The minimum atomic E-state index is 0.567. The lowest BCUT2D eigenvalue weighted by Crippen LogP contribution is -2.29. The summed E-state index contributed by atoms with van der Waals surface area (Å²) in [5, 5.41) is 3.47. The molecule has 0 saturated heterocycles. The lowest BCUT2D eigenvalue weighted by Gasteiger charge is -2.34. The van der Waals surface area contributed by atoms with Gasteiger partial charge in [-0.2, -0.15) is 0 Å². The monoisotopic (exact) mass is 203 g/mol. The zero-order valence-electron chi connectivity index (χ0n) is 10.0. The molecule has 15 heavy (non-hydrogen) atoms. The maximum atomic E-state index is 3.47. The van der Waals surface area contributed by atoms with Crippen LogP contribution in [0.15, 0.2) is 18.2 Å². The van der Waals surface area contributed by atoms with Gasteiger partial charge in [0.1, 0.15) is 0 Å². The third kappa shape index (κ3) is 2.23. The molecule has 0 bridgehead atoms. The van der Waals surface area contributed by atoms with Gasteiger partial charge < -0.3 is 5.32 Å². The first-order valence-electron chi connectivity index (χ1n) is 5.96. The molecule has 1 saturated carbocycles. The molecular weight excluding hydrogens is 182 g/mol. The normalized spacial score (nSPS) is 18.6. The standard InChI is InChI=1S/C14H21N/c1-10-7-11(2)9-13(8-10)14(15-3)12-5-4-6-12/h7-9,12,14-15H,4-6H2,1-3H3. The number of hydrogen-bond acceptors (Lipinski definition) is 1. The van der Waals surface area contributed by atoms with E-state index in [0.29, 0.717) is 6.04 Å². The van der Waals surface area contributed by atoms with Crippen molar-refractivity contribution in [2.24, 2.45) is 5.92 Å². The van der Waals surface area contributed by atoms with Crippen LogP contribution in [-0.2, 0) is 0 Å². The van der Waals surface area contributed by atoms with Crippen LogP contribution in [0, 0.1) is 19.8 Å². The van der Waals surface area contributed by atoms with Gasteiger partial charge in [-0.25, -0.2) is 0 Å². The van der Waals surface area contributed by atoms with Gasteiger partial charge in [-0.15, -0.1) is 0 Å². The highest BCUT2D eigenvalue weighted by molar-refractivity contribution is 5.31. The van der Waals surface area contributed by atoms with Gasteiger partial charge in [-0.05, 0) is 45.2 Å². The van der Waals surface area contributed by atoms with Crippen molar-refractivity contribution in [3.63, 3.8) is 0 Å². The predicted octanol–water partition coefficient (Wildman–Crippen LogP) is 3.36. The molecule has 82 valence electrons. The van der Waals surface area contributed by atoms with Crippen LogP contribution in [0.2, 0.25) is 0 Å². The molecule has 1 fully saturated rings. The molecule has 0 heterocycles. The van der Waals surface area contributed by atoms with Crippen molar-refractivity contribution in [3.05, 3.63) is 34.9 Å². The molecule has 1 unspecified atom stereocenters. The Morgan fingerprint density at radius 3 is 2.13 bits per heavy atom. The van der Waals surface area contributed by atoms with Crippen LogP contribution in [0.1, 0.15) is 42.0 Å². The van der Waals surface area contributed by atoms with E-state index in [-0.39, 0.29) is 0 Å². The lowest BCUT2D eigenvalue weighted by molar-refractivity contribution is 0.239. The molecule has 0 amide bonds. The van der Waals surface area contributed by atoms with Crippen molar-refractivity contribution in [2.45, 2.75) is 39.2 Å². The minimum Gasteiger partial charge on any atom is -0.313 e. The Morgan fingerprint density at radius 1 is 1.13 bits per heavy atom. The first-order valence-corrected chi connectivity index (χ1v) is 5.96. The Bertz CT molecular complexity index is 319. The summed E-state index contributed by atoms with van der Waals surface area (Å²) in [5.41, 5.74) is 4.23. The summed E-state index contributed by atoms with van der Waals surface area (Å²) in [6, 6.07) is 7.47. The van der Waals surface area contributed by atoms with Crippen molar-refractivity contribution >= 4 is 0 Å². The summed E-state index contributed by atoms with van der Waals surface area (Å²) >= 11 is 0. The number of benzene rings is 1. The SMILES string of the molecule is CNC(c1cc(C)cc(C)c1)C1CCC1. The summed E-state index contributed by atoms with van der Waals surface area (Å²) < 4.78 is 0. The van der Waals surface area contributed by atoms with Crippen LogP contribution < -0.4 is 5.32 Å². The Balaban J connectivity index is 2.24.